The molecule has 6 nitrogen and oxygen atoms in total. The van der Waals surface area contributed by atoms with Crippen LogP contribution >= 0.6 is 0 Å². The van der Waals surface area contributed by atoms with E-state index in [2.05, 4.69) is 15.2 Å². The maximum atomic E-state index is 12.7. The molecule has 2 atom stereocenters. The Kier molecular flexibility index (Phi) is 4.79. The fourth-order valence-corrected chi connectivity index (χ4v) is 4.39. The predicted octanol–water partition coefficient (Wildman–Crippen LogP) is 2.96. The summed E-state index contributed by atoms with van der Waals surface area (Å²) in [5.74, 6) is 1.73. The zero-order chi connectivity index (χ0) is 17.2. The van der Waals surface area contributed by atoms with Gasteiger partial charge in [0.2, 0.25) is 5.88 Å². The molecular formula is C19H28N4O2. The lowest BCUT2D eigenvalue weighted by atomic mass is 9.84. The lowest BCUT2D eigenvalue weighted by Gasteiger charge is -2.47. The SMILES string of the molecule is CCOc1cccc(NC(=O)N2CC[C@H]3[C@@H](CCCN3C3CC3)C2)n1. The van der Waals surface area contributed by atoms with Gasteiger partial charge in [-0.15, -0.1) is 0 Å². The van der Waals surface area contributed by atoms with Crippen LogP contribution in [0.2, 0.25) is 0 Å². The van der Waals surface area contributed by atoms with Crippen molar-refractivity contribution in [1.82, 2.24) is 14.8 Å². The van der Waals surface area contributed by atoms with Gasteiger partial charge in [0, 0.05) is 31.2 Å². The molecule has 3 aliphatic rings. The Morgan fingerprint density at radius 1 is 1.28 bits per heavy atom. The monoisotopic (exact) mass is 344 g/mol. The van der Waals surface area contributed by atoms with Crippen LogP contribution in [0.4, 0.5) is 10.6 Å². The van der Waals surface area contributed by atoms with Gasteiger partial charge >= 0.3 is 6.03 Å². The number of fused-ring (bicyclic) bond motifs is 1. The molecule has 3 heterocycles. The zero-order valence-corrected chi connectivity index (χ0v) is 15.0. The van der Waals surface area contributed by atoms with Crippen molar-refractivity contribution in [2.24, 2.45) is 5.92 Å². The van der Waals surface area contributed by atoms with Gasteiger partial charge in [-0.25, -0.2) is 4.79 Å². The molecule has 1 saturated carbocycles. The highest BCUT2D eigenvalue weighted by Crippen LogP contribution is 2.38. The minimum atomic E-state index is -0.0388. The van der Waals surface area contributed by atoms with Crippen molar-refractivity contribution in [3.63, 3.8) is 0 Å². The number of urea groups is 1. The number of carbonyl (C=O) groups is 1. The second-order valence-electron chi connectivity index (χ2n) is 7.40. The highest BCUT2D eigenvalue weighted by atomic mass is 16.5. The molecular weight excluding hydrogens is 316 g/mol. The van der Waals surface area contributed by atoms with Gasteiger partial charge in [0.05, 0.1) is 6.61 Å². The number of nitrogens with zero attached hydrogens (tertiary/aromatic N) is 3. The van der Waals surface area contributed by atoms with Gasteiger partial charge < -0.3 is 9.64 Å². The summed E-state index contributed by atoms with van der Waals surface area (Å²) < 4.78 is 5.40. The number of rotatable bonds is 4. The third-order valence-corrected chi connectivity index (χ3v) is 5.66. The molecule has 4 rings (SSSR count). The molecule has 2 aliphatic heterocycles. The third kappa shape index (κ3) is 3.73. The van der Waals surface area contributed by atoms with Crippen LogP contribution in [0.1, 0.15) is 39.0 Å². The molecule has 1 aromatic heterocycles. The zero-order valence-electron chi connectivity index (χ0n) is 15.0. The number of hydrogen-bond donors (Lipinski definition) is 1. The van der Waals surface area contributed by atoms with Gasteiger partial charge in [-0.2, -0.15) is 4.98 Å². The Morgan fingerprint density at radius 3 is 2.96 bits per heavy atom. The van der Waals surface area contributed by atoms with Gasteiger partial charge in [0.1, 0.15) is 5.82 Å². The van der Waals surface area contributed by atoms with Crippen molar-refractivity contribution in [2.45, 2.75) is 51.1 Å². The van der Waals surface area contributed by atoms with Crippen LogP contribution in [0.15, 0.2) is 18.2 Å². The van der Waals surface area contributed by atoms with Gasteiger partial charge in [0.15, 0.2) is 0 Å². The topological polar surface area (TPSA) is 57.7 Å². The number of aromatic nitrogens is 1. The van der Waals surface area contributed by atoms with E-state index < -0.39 is 0 Å². The number of anilines is 1. The average molecular weight is 344 g/mol. The van der Waals surface area contributed by atoms with Crippen LogP contribution in [0.3, 0.4) is 0 Å². The Balaban J connectivity index is 1.36. The van der Waals surface area contributed by atoms with Gasteiger partial charge in [0.25, 0.3) is 0 Å². The first-order chi connectivity index (χ1) is 12.2. The molecule has 1 aromatic rings. The highest BCUT2D eigenvalue weighted by Gasteiger charge is 2.42. The van der Waals surface area contributed by atoms with Crippen molar-refractivity contribution in [3.05, 3.63) is 18.2 Å². The predicted molar refractivity (Wildman–Crippen MR) is 96.9 cm³/mol. The molecule has 3 fully saturated rings. The van der Waals surface area contributed by atoms with Gasteiger partial charge in [-0.3, -0.25) is 10.2 Å². The average Bonchev–Trinajstić information content (AvgIpc) is 3.46. The molecule has 1 aliphatic carbocycles. The van der Waals surface area contributed by atoms with E-state index in [1.54, 1.807) is 6.07 Å². The standard InChI is InChI=1S/C19H28N4O2/c1-2-25-18-7-3-6-17(20-18)21-19(24)22-12-10-16-14(13-22)5-4-11-23(16)15-8-9-15/h3,6-7,14-16H,2,4-5,8-13H2,1H3,(H,20,21,24)/t14-,16-/m0/s1. The van der Waals surface area contributed by atoms with Crippen LogP contribution < -0.4 is 10.1 Å². The Bertz CT molecular complexity index is 619. The first-order valence-corrected chi connectivity index (χ1v) is 9.66. The van der Waals surface area contributed by atoms with E-state index in [0.717, 1.165) is 25.6 Å². The summed E-state index contributed by atoms with van der Waals surface area (Å²) in [6.45, 7) is 5.45. The molecule has 0 spiro atoms. The van der Waals surface area contributed by atoms with Gasteiger partial charge in [-0.1, -0.05) is 6.07 Å². The number of carbonyl (C=O) groups excluding carboxylic acids is 1. The van der Waals surface area contributed by atoms with Crippen LogP contribution in [0.25, 0.3) is 0 Å². The van der Waals surface area contributed by atoms with E-state index in [9.17, 15) is 4.79 Å². The second kappa shape index (κ2) is 7.20. The van der Waals surface area contributed by atoms with Crippen LogP contribution in [-0.2, 0) is 0 Å². The summed E-state index contributed by atoms with van der Waals surface area (Å²) in [6, 6.07) is 6.95. The van der Waals surface area contributed by atoms with Crippen molar-refractivity contribution in [2.75, 3.05) is 31.6 Å². The van der Waals surface area contributed by atoms with Crippen LogP contribution in [-0.4, -0.2) is 59.1 Å². The number of amides is 2. The summed E-state index contributed by atoms with van der Waals surface area (Å²) in [6.07, 6.45) is 6.35. The maximum Gasteiger partial charge on any atom is 0.323 e. The summed E-state index contributed by atoms with van der Waals surface area (Å²) in [5.41, 5.74) is 0. The fraction of sp³-hybridized carbons (Fsp3) is 0.684. The molecule has 0 radical (unpaired) electrons. The summed E-state index contributed by atoms with van der Waals surface area (Å²) >= 11 is 0. The molecule has 0 unspecified atom stereocenters. The van der Waals surface area contributed by atoms with Crippen molar-refractivity contribution in [1.29, 1.82) is 0 Å². The number of nitrogens with one attached hydrogen (secondary N) is 1. The van der Waals surface area contributed by atoms with E-state index >= 15 is 0 Å². The Morgan fingerprint density at radius 2 is 2.16 bits per heavy atom. The van der Waals surface area contributed by atoms with E-state index in [1.165, 1.54) is 32.2 Å². The summed E-state index contributed by atoms with van der Waals surface area (Å²) in [7, 11) is 0. The van der Waals surface area contributed by atoms with E-state index in [4.69, 9.17) is 4.74 Å². The summed E-state index contributed by atoms with van der Waals surface area (Å²) in [4.78, 5) is 21.7. The molecule has 6 heteroatoms. The molecule has 136 valence electrons. The van der Waals surface area contributed by atoms with E-state index in [-0.39, 0.29) is 6.03 Å². The molecule has 2 saturated heterocycles. The van der Waals surface area contributed by atoms with Crippen molar-refractivity contribution >= 4 is 11.8 Å². The highest BCUT2D eigenvalue weighted by molar-refractivity contribution is 5.88. The lowest BCUT2D eigenvalue weighted by Crippen LogP contribution is -2.56. The van der Waals surface area contributed by atoms with Gasteiger partial charge in [-0.05, 0) is 57.6 Å². The number of likely N-dealkylation sites (tertiary alicyclic amines) is 2. The normalized spacial score (nSPS) is 26.8. The number of piperidine rings is 2. The van der Waals surface area contributed by atoms with Crippen LogP contribution in [0, 0.1) is 5.92 Å². The number of hydrogen-bond acceptors (Lipinski definition) is 4. The first kappa shape index (κ1) is 16.6. The minimum Gasteiger partial charge on any atom is -0.478 e. The number of pyridine rings is 1. The smallest absolute Gasteiger partial charge is 0.323 e. The summed E-state index contributed by atoms with van der Waals surface area (Å²) in [5, 5.41) is 2.93. The molecule has 2 amide bonds. The van der Waals surface area contributed by atoms with Crippen LogP contribution in [0.5, 0.6) is 5.88 Å². The van der Waals surface area contributed by atoms with E-state index in [1.807, 2.05) is 24.0 Å². The second-order valence-corrected chi connectivity index (χ2v) is 7.40. The minimum absolute atomic E-state index is 0.0388. The quantitative estimate of drug-likeness (QED) is 0.912. The Hall–Kier alpha value is -1.82. The Labute approximate surface area is 149 Å². The largest absolute Gasteiger partial charge is 0.478 e. The van der Waals surface area contributed by atoms with Crippen molar-refractivity contribution in [3.8, 4) is 5.88 Å². The van der Waals surface area contributed by atoms with Crippen molar-refractivity contribution < 1.29 is 9.53 Å². The molecule has 1 N–H and O–H groups in total. The lowest BCUT2D eigenvalue weighted by molar-refractivity contribution is 0.0315. The molecule has 25 heavy (non-hydrogen) atoms. The maximum absolute atomic E-state index is 12.7. The number of ether oxygens (including phenoxy) is 1. The first-order valence-electron chi connectivity index (χ1n) is 9.66. The fourth-order valence-electron chi connectivity index (χ4n) is 4.39. The van der Waals surface area contributed by atoms with E-state index in [0.29, 0.717) is 30.3 Å². The third-order valence-electron chi connectivity index (χ3n) is 5.66. The molecule has 0 bridgehead atoms. The molecule has 0 aromatic carbocycles.